The number of benzene rings is 2. The van der Waals surface area contributed by atoms with Crippen molar-refractivity contribution in [3.8, 4) is 5.75 Å². The standard InChI is InChI=1S/C25H31Cl2N3O/c26-22-4-1-5-23(25(22)27)30-13-10-28(11-14-30)9-12-29-8-2-3-19-15-18-6-7-21(31)16-20(18)17-24(19)29/h1,4-7,16,19,24,31H,2-3,8-15,17H2/t19-,24+/m0/s1. The molecule has 2 saturated heterocycles. The molecule has 0 unspecified atom stereocenters. The van der Waals surface area contributed by atoms with Gasteiger partial charge in [0.1, 0.15) is 5.75 Å². The Kier molecular flexibility index (Phi) is 6.34. The second-order valence-corrected chi connectivity index (χ2v) is 10.1. The third-order valence-corrected chi connectivity index (χ3v) is 8.29. The van der Waals surface area contributed by atoms with Gasteiger partial charge in [0.15, 0.2) is 0 Å². The molecule has 5 rings (SSSR count). The molecule has 166 valence electrons. The molecule has 2 atom stereocenters. The van der Waals surface area contributed by atoms with Gasteiger partial charge < -0.3 is 10.0 Å². The first kappa shape index (κ1) is 21.4. The third kappa shape index (κ3) is 4.54. The molecule has 0 saturated carbocycles. The van der Waals surface area contributed by atoms with Crippen LogP contribution in [0.1, 0.15) is 24.0 Å². The molecule has 4 nitrogen and oxygen atoms in total. The molecule has 0 spiro atoms. The molecule has 0 aromatic heterocycles. The van der Waals surface area contributed by atoms with E-state index < -0.39 is 0 Å². The number of nitrogens with zero attached hydrogens (tertiary/aromatic N) is 3. The Labute approximate surface area is 195 Å². The second kappa shape index (κ2) is 9.19. The highest BCUT2D eigenvalue weighted by Gasteiger charge is 2.35. The lowest BCUT2D eigenvalue weighted by atomic mass is 9.75. The van der Waals surface area contributed by atoms with Gasteiger partial charge in [0, 0.05) is 45.3 Å². The molecule has 1 aliphatic carbocycles. The number of piperidine rings is 1. The maximum absolute atomic E-state index is 9.92. The summed E-state index contributed by atoms with van der Waals surface area (Å²) in [4.78, 5) is 7.66. The van der Waals surface area contributed by atoms with E-state index in [1.54, 1.807) is 0 Å². The van der Waals surface area contributed by atoms with Crippen LogP contribution < -0.4 is 4.90 Å². The van der Waals surface area contributed by atoms with Gasteiger partial charge in [-0.05, 0) is 73.5 Å². The zero-order chi connectivity index (χ0) is 21.4. The number of aromatic hydroxyl groups is 1. The number of phenols is 1. The van der Waals surface area contributed by atoms with Gasteiger partial charge in [-0.1, -0.05) is 35.3 Å². The molecule has 2 aromatic rings. The monoisotopic (exact) mass is 459 g/mol. The van der Waals surface area contributed by atoms with Crippen molar-refractivity contribution in [3.63, 3.8) is 0 Å². The Morgan fingerprint density at radius 2 is 1.74 bits per heavy atom. The first-order valence-corrected chi connectivity index (χ1v) is 12.3. The summed E-state index contributed by atoms with van der Waals surface area (Å²) in [5, 5.41) is 11.2. The van der Waals surface area contributed by atoms with Gasteiger partial charge in [-0.3, -0.25) is 9.80 Å². The number of fused-ring (bicyclic) bond motifs is 2. The van der Waals surface area contributed by atoms with Crippen LogP contribution >= 0.6 is 23.2 Å². The van der Waals surface area contributed by atoms with Crippen molar-refractivity contribution in [1.29, 1.82) is 0 Å². The van der Waals surface area contributed by atoms with Crippen LogP contribution in [0, 0.1) is 5.92 Å². The molecule has 1 N–H and O–H groups in total. The fourth-order valence-electron chi connectivity index (χ4n) is 5.75. The van der Waals surface area contributed by atoms with Crippen molar-refractivity contribution in [3.05, 3.63) is 57.6 Å². The fourth-order valence-corrected chi connectivity index (χ4v) is 6.17. The molecule has 2 heterocycles. The van der Waals surface area contributed by atoms with Crippen LogP contribution in [0.3, 0.4) is 0 Å². The minimum absolute atomic E-state index is 0.400. The summed E-state index contributed by atoms with van der Waals surface area (Å²) in [5.74, 6) is 1.16. The zero-order valence-corrected chi connectivity index (χ0v) is 19.5. The second-order valence-electron chi connectivity index (χ2n) is 9.27. The van der Waals surface area contributed by atoms with Gasteiger partial charge in [-0.25, -0.2) is 0 Å². The van der Waals surface area contributed by atoms with E-state index in [9.17, 15) is 5.11 Å². The minimum Gasteiger partial charge on any atom is -0.508 e. The number of piperazine rings is 1. The van der Waals surface area contributed by atoms with Crippen molar-refractivity contribution in [2.24, 2.45) is 5.92 Å². The Hall–Kier alpha value is -1.46. The van der Waals surface area contributed by atoms with Crippen LogP contribution in [0.4, 0.5) is 5.69 Å². The van der Waals surface area contributed by atoms with Crippen molar-refractivity contribution in [2.75, 3.05) is 50.7 Å². The molecule has 3 aliphatic rings. The van der Waals surface area contributed by atoms with Gasteiger partial charge in [0.05, 0.1) is 15.7 Å². The number of hydrogen-bond acceptors (Lipinski definition) is 4. The van der Waals surface area contributed by atoms with E-state index >= 15 is 0 Å². The first-order chi connectivity index (χ1) is 15.1. The highest BCUT2D eigenvalue weighted by molar-refractivity contribution is 6.43. The summed E-state index contributed by atoms with van der Waals surface area (Å²) >= 11 is 12.6. The number of rotatable bonds is 4. The Morgan fingerprint density at radius 1 is 0.903 bits per heavy atom. The minimum atomic E-state index is 0.400. The summed E-state index contributed by atoms with van der Waals surface area (Å²) < 4.78 is 0. The number of anilines is 1. The largest absolute Gasteiger partial charge is 0.508 e. The summed E-state index contributed by atoms with van der Waals surface area (Å²) in [7, 11) is 0. The molecule has 0 amide bonds. The predicted octanol–water partition coefficient (Wildman–Crippen LogP) is 4.70. The summed E-state index contributed by atoms with van der Waals surface area (Å²) in [6, 6.07) is 12.5. The Bertz CT molecular complexity index is 929. The van der Waals surface area contributed by atoms with Crippen molar-refractivity contribution in [2.45, 2.75) is 31.7 Å². The fraction of sp³-hybridized carbons (Fsp3) is 0.520. The van der Waals surface area contributed by atoms with Crippen LogP contribution in [0.25, 0.3) is 0 Å². The van der Waals surface area contributed by atoms with E-state index in [-0.39, 0.29) is 0 Å². The number of likely N-dealkylation sites (tertiary alicyclic amines) is 1. The third-order valence-electron chi connectivity index (χ3n) is 7.48. The molecule has 2 fully saturated rings. The van der Waals surface area contributed by atoms with Gasteiger partial charge in [0.25, 0.3) is 0 Å². The van der Waals surface area contributed by atoms with Gasteiger partial charge in [0.2, 0.25) is 0 Å². The predicted molar refractivity (Wildman–Crippen MR) is 129 cm³/mol. The van der Waals surface area contributed by atoms with Crippen LogP contribution in [0.2, 0.25) is 10.0 Å². The smallest absolute Gasteiger partial charge is 0.115 e. The SMILES string of the molecule is Oc1ccc2c(c1)C[C@@H]1[C@@H](CCCN1CCN1CCN(c3cccc(Cl)c3Cl)CC1)C2. The highest BCUT2D eigenvalue weighted by Crippen LogP contribution is 2.36. The van der Waals surface area contributed by atoms with Gasteiger partial charge in [-0.2, -0.15) is 0 Å². The highest BCUT2D eigenvalue weighted by atomic mass is 35.5. The topological polar surface area (TPSA) is 30.0 Å². The lowest BCUT2D eigenvalue weighted by Crippen LogP contribution is -2.53. The lowest BCUT2D eigenvalue weighted by molar-refractivity contribution is 0.0726. The van der Waals surface area contributed by atoms with Crippen molar-refractivity contribution >= 4 is 28.9 Å². The average molecular weight is 460 g/mol. The van der Waals surface area contributed by atoms with Gasteiger partial charge in [-0.15, -0.1) is 0 Å². The van der Waals surface area contributed by atoms with Gasteiger partial charge >= 0.3 is 0 Å². The number of phenolic OH excluding ortho intramolecular Hbond substituents is 1. The average Bonchev–Trinajstić information content (AvgIpc) is 2.78. The Balaban J connectivity index is 1.17. The maximum atomic E-state index is 9.92. The van der Waals surface area contributed by atoms with Crippen LogP contribution in [-0.2, 0) is 12.8 Å². The first-order valence-electron chi connectivity index (χ1n) is 11.5. The molecular formula is C25H31Cl2N3O. The summed E-state index contributed by atoms with van der Waals surface area (Å²) in [5.41, 5.74) is 3.84. The van der Waals surface area contributed by atoms with Crippen LogP contribution in [-0.4, -0.2) is 66.8 Å². The zero-order valence-electron chi connectivity index (χ0n) is 17.9. The normalized spacial score (nSPS) is 24.6. The van der Waals surface area contributed by atoms with E-state index in [1.807, 2.05) is 24.3 Å². The molecule has 0 radical (unpaired) electrons. The molecule has 0 bridgehead atoms. The quantitative estimate of drug-likeness (QED) is 0.717. The Morgan fingerprint density at radius 3 is 2.58 bits per heavy atom. The summed E-state index contributed by atoms with van der Waals surface area (Å²) in [6.07, 6.45) is 4.88. The van der Waals surface area contributed by atoms with E-state index in [0.717, 1.165) is 63.7 Å². The number of halogens is 2. The maximum Gasteiger partial charge on any atom is 0.115 e. The lowest BCUT2D eigenvalue weighted by Gasteiger charge is -2.45. The van der Waals surface area contributed by atoms with E-state index in [1.165, 1.54) is 30.5 Å². The van der Waals surface area contributed by atoms with E-state index in [2.05, 4.69) is 26.8 Å². The van der Waals surface area contributed by atoms with Crippen LogP contribution in [0.15, 0.2) is 36.4 Å². The van der Waals surface area contributed by atoms with E-state index in [0.29, 0.717) is 21.8 Å². The van der Waals surface area contributed by atoms with Crippen molar-refractivity contribution in [1.82, 2.24) is 9.80 Å². The molecule has 2 aromatic carbocycles. The van der Waals surface area contributed by atoms with Crippen molar-refractivity contribution < 1.29 is 5.11 Å². The molecule has 2 aliphatic heterocycles. The van der Waals surface area contributed by atoms with Crippen LogP contribution in [0.5, 0.6) is 5.75 Å². The molecule has 6 heteroatoms. The molecule has 31 heavy (non-hydrogen) atoms. The summed E-state index contributed by atoms with van der Waals surface area (Å²) in [6.45, 7) is 7.54. The number of hydrogen-bond donors (Lipinski definition) is 1. The van der Waals surface area contributed by atoms with E-state index in [4.69, 9.17) is 23.2 Å². The molecular weight excluding hydrogens is 429 g/mol.